The zero-order chi connectivity index (χ0) is 16.2. The van der Waals surface area contributed by atoms with Gasteiger partial charge in [0.2, 0.25) is 0 Å². The number of carbonyl (C=O) groups is 1. The van der Waals surface area contributed by atoms with E-state index in [1.54, 1.807) is 0 Å². The van der Waals surface area contributed by atoms with E-state index >= 15 is 0 Å². The van der Waals surface area contributed by atoms with E-state index in [0.717, 1.165) is 35.4 Å². The lowest BCUT2D eigenvalue weighted by Crippen LogP contribution is -2.49. The van der Waals surface area contributed by atoms with Gasteiger partial charge in [-0.1, -0.05) is 55.5 Å². The van der Waals surface area contributed by atoms with Crippen LogP contribution < -0.4 is 5.32 Å². The van der Waals surface area contributed by atoms with Crippen LogP contribution in [-0.2, 0) is 0 Å². The summed E-state index contributed by atoms with van der Waals surface area (Å²) in [4.78, 5) is 14.8. The lowest BCUT2D eigenvalue weighted by atomic mass is 10.0. The lowest BCUT2D eigenvalue weighted by molar-refractivity contribution is 0.0710. The number of hydrogen-bond donors (Lipinski definition) is 1. The van der Waals surface area contributed by atoms with Gasteiger partial charge >= 0.3 is 0 Å². The molecule has 1 heterocycles. The summed E-state index contributed by atoms with van der Waals surface area (Å²) in [6.07, 6.45) is 2.98. The minimum Gasteiger partial charge on any atom is -0.361 e. The van der Waals surface area contributed by atoms with Crippen molar-refractivity contribution in [3.63, 3.8) is 0 Å². The lowest BCUT2D eigenvalue weighted by Gasteiger charge is -2.38. The Morgan fingerprint density at radius 3 is 2.57 bits per heavy atom. The van der Waals surface area contributed by atoms with E-state index in [2.05, 4.69) is 37.4 Å². The van der Waals surface area contributed by atoms with E-state index in [0.29, 0.717) is 0 Å². The molecule has 0 spiro atoms. The number of hydrogen-bond acceptors (Lipinski definition) is 2. The minimum absolute atomic E-state index is 0.0995. The highest BCUT2D eigenvalue weighted by molar-refractivity contribution is 6.02. The quantitative estimate of drug-likeness (QED) is 0.908. The van der Waals surface area contributed by atoms with Crippen molar-refractivity contribution >= 4 is 17.7 Å². The van der Waals surface area contributed by atoms with Crippen LogP contribution in [0.3, 0.4) is 0 Å². The summed E-state index contributed by atoms with van der Waals surface area (Å²) in [5.74, 6) is 0.104. The first-order chi connectivity index (χ1) is 11.2. The van der Waals surface area contributed by atoms with Gasteiger partial charge < -0.3 is 10.2 Å². The van der Waals surface area contributed by atoms with Crippen molar-refractivity contribution in [2.24, 2.45) is 0 Å². The number of carbonyl (C=O) groups excluding carboxylic acids is 1. The molecule has 118 valence electrons. The van der Waals surface area contributed by atoms with Crippen LogP contribution >= 0.6 is 0 Å². The van der Waals surface area contributed by atoms with Crippen LogP contribution in [0.25, 0.3) is 6.08 Å². The number of fused-ring (bicyclic) bond motifs is 1. The van der Waals surface area contributed by atoms with Crippen LogP contribution in [0.5, 0.6) is 0 Å². The van der Waals surface area contributed by atoms with Crippen molar-refractivity contribution in [2.75, 3.05) is 11.9 Å². The van der Waals surface area contributed by atoms with E-state index < -0.39 is 0 Å². The number of nitrogens with one attached hydrogen (secondary N) is 1. The van der Waals surface area contributed by atoms with Gasteiger partial charge in [0.05, 0.1) is 5.56 Å². The third-order valence-corrected chi connectivity index (χ3v) is 4.11. The predicted octanol–water partition coefficient (Wildman–Crippen LogP) is 4.39. The molecule has 0 saturated heterocycles. The molecule has 1 atom stereocenters. The predicted molar refractivity (Wildman–Crippen MR) is 95.3 cm³/mol. The smallest absolute Gasteiger partial charge is 0.257 e. The summed E-state index contributed by atoms with van der Waals surface area (Å²) in [7, 11) is 0. The highest BCUT2D eigenvalue weighted by Gasteiger charge is 2.31. The van der Waals surface area contributed by atoms with Crippen LogP contribution in [0.4, 0.5) is 5.69 Å². The molecule has 0 radical (unpaired) electrons. The van der Waals surface area contributed by atoms with Gasteiger partial charge in [0.1, 0.15) is 6.17 Å². The summed E-state index contributed by atoms with van der Waals surface area (Å²) in [5.41, 5.74) is 3.95. The summed E-state index contributed by atoms with van der Waals surface area (Å²) >= 11 is 0. The Morgan fingerprint density at radius 1 is 1.13 bits per heavy atom. The summed E-state index contributed by atoms with van der Waals surface area (Å²) < 4.78 is 0. The molecule has 1 aliphatic rings. The van der Waals surface area contributed by atoms with E-state index in [1.165, 1.54) is 0 Å². The standard InChI is InChI=1S/C20H22N2O/c1-3-13-22-19(15(2)14-16-9-5-4-6-10-16)21-18-12-8-7-11-17(18)20(22)23/h4-12,14,19,21H,3,13H2,1-2H3/b15-14+/t19-/m0/s1. The molecule has 2 aromatic carbocycles. The number of nitrogens with zero attached hydrogens (tertiary/aromatic N) is 1. The third kappa shape index (κ3) is 3.14. The average Bonchev–Trinajstić information content (AvgIpc) is 2.58. The first kappa shape index (κ1) is 15.3. The molecule has 1 N–H and O–H groups in total. The molecule has 0 unspecified atom stereocenters. The normalized spacial score (nSPS) is 17.7. The number of rotatable bonds is 4. The van der Waals surface area contributed by atoms with E-state index in [9.17, 15) is 4.79 Å². The maximum absolute atomic E-state index is 12.8. The molecular weight excluding hydrogens is 284 g/mol. The fourth-order valence-electron chi connectivity index (χ4n) is 3.01. The second-order valence-electron chi connectivity index (χ2n) is 5.89. The Hall–Kier alpha value is -2.55. The van der Waals surface area contributed by atoms with E-state index in [-0.39, 0.29) is 12.1 Å². The maximum Gasteiger partial charge on any atom is 0.257 e. The topological polar surface area (TPSA) is 32.3 Å². The number of amides is 1. The molecular formula is C20H22N2O. The number of anilines is 1. The molecule has 2 aromatic rings. The highest BCUT2D eigenvalue weighted by atomic mass is 16.2. The molecule has 1 aliphatic heterocycles. The van der Waals surface area contributed by atoms with Crippen molar-refractivity contribution in [3.8, 4) is 0 Å². The van der Waals surface area contributed by atoms with Crippen molar-refractivity contribution in [3.05, 3.63) is 71.3 Å². The van der Waals surface area contributed by atoms with E-state index in [1.807, 2.05) is 47.4 Å². The van der Waals surface area contributed by atoms with Crippen LogP contribution in [0.2, 0.25) is 0 Å². The van der Waals surface area contributed by atoms with Gasteiger partial charge in [-0.25, -0.2) is 0 Å². The molecule has 3 nitrogen and oxygen atoms in total. The van der Waals surface area contributed by atoms with Crippen LogP contribution in [0, 0.1) is 0 Å². The van der Waals surface area contributed by atoms with Gasteiger partial charge in [-0.15, -0.1) is 0 Å². The Balaban J connectivity index is 1.96. The molecule has 23 heavy (non-hydrogen) atoms. The zero-order valence-electron chi connectivity index (χ0n) is 13.6. The SMILES string of the molecule is CCCN1C(=O)c2ccccc2N[C@@H]1/C(C)=C/c1ccccc1. The number of para-hydroxylation sites is 1. The first-order valence-electron chi connectivity index (χ1n) is 8.10. The molecule has 3 heteroatoms. The summed E-state index contributed by atoms with van der Waals surface area (Å²) in [6, 6.07) is 17.9. The fraction of sp³-hybridized carbons (Fsp3) is 0.250. The Kier molecular flexibility index (Phi) is 4.47. The van der Waals surface area contributed by atoms with Crippen molar-refractivity contribution in [1.29, 1.82) is 0 Å². The minimum atomic E-state index is -0.0995. The van der Waals surface area contributed by atoms with Crippen LogP contribution in [0.1, 0.15) is 36.2 Å². The molecule has 0 bridgehead atoms. The Bertz CT molecular complexity index is 721. The molecule has 0 fully saturated rings. The van der Waals surface area contributed by atoms with Gasteiger partial charge in [0.15, 0.2) is 0 Å². The summed E-state index contributed by atoms with van der Waals surface area (Å²) in [5, 5.41) is 3.52. The summed E-state index contributed by atoms with van der Waals surface area (Å²) in [6.45, 7) is 4.92. The molecule has 1 amide bonds. The monoisotopic (exact) mass is 306 g/mol. The fourth-order valence-corrected chi connectivity index (χ4v) is 3.01. The average molecular weight is 306 g/mol. The van der Waals surface area contributed by atoms with Gasteiger partial charge in [0.25, 0.3) is 5.91 Å². The Labute approximate surface area is 137 Å². The third-order valence-electron chi connectivity index (χ3n) is 4.11. The van der Waals surface area contributed by atoms with Crippen LogP contribution in [-0.4, -0.2) is 23.5 Å². The highest BCUT2D eigenvalue weighted by Crippen LogP contribution is 2.28. The van der Waals surface area contributed by atoms with Gasteiger partial charge in [-0.3, -0.25) is 4.79 Å². The van der Waals surface area contributed by atoms with E-state index in [4.69, 9.17) is 0 Å². The molecule has 3 rings (SSSR count). The van der Waals surface area contributed by atoms with Gasteiger partial charge in [-0.2, -0.15) is 0 Å². The van der Waals surface area contributed by atoms with Crippen LogP contribution in [0.15, 0.2) is 60.2 Å². The van der Waals surface area contributed by atoms with Gasteiger partial charge in [0, 0.05) is 12.2 Å². The largest absolute Gasteiger partial charge is 0.361 e. The van der Waals surface area contributed by atoms with Gasteiger partial charge in [-0.05, 0) is 36.6 Å². The number of benzene rings is 2. The van der Waals surface area contributed by atoms with Crippen molar-refractivity contribution in [2.45, 2.75) is 26.4 Å². The van der Waals surface area contributed by atoms with Crippen molar-refractivity contribution in [1.82, 2.24) is 4.90 Å². The second-order valence-corrected chi connectivity index (χ2v) is 5.89. The molecule has 0 aliphatic carbocycles. The zero-order valence-corrected chi connectivity index (χ0v) is 13.6. The maximum atomic E-state index is 12.8. The molecule has 0 aromatic heterocycles. The first-order valence-corrected chi connectivity index (χ1v) is 8.10. The Morgan fingerprint density at radius 2 is 1.83 bits per heavy atom. The van der Waals surface area contributed by atoms with Crippen molar-refractivity contribution < 1.29 is 4.79 Å². The molecule has 0 saturated carbocycles. The second kappa shape index (κ2) is 6.69.